The van der Waals surface area contributed by atoms with Gasteiger partial charge in [-0.15, -0.1) is 0 Å². The zero-order valence-electron chi connectivity index (χ0n) is 18.2. The first-order chi connectivity index (χ1) is 15.1. The number of benzene rings is 2. The lowest BCUT2D eigenvalue weighted by Crippen LogP contribution is -2.35. The van der Waals surface area contributed by atoms with Crippen LogP contribution in [-0.2, 0) is 4.79 Å². The molecule has 0 bridgehead atoms. The minimum Gasteiger partial charge on any atom is -0.494 e. The van der Waals surface area contributed by atoms with Crippen LogP contribution in [0.1, 0.15) is 48.1 Å². The number of ketones is 1. The molecule has 1 aliphatic heterocycles. The molecule has 0 saturated heterocycles. The van der Waals surface area contributed by atoms with Crippen molar-refractivity contribution in [3.63, 3.8) is 0 Å². The summed E-state index contributed by atoms with van der Waals surface area (Å²) in [5.74, 6) is 1.68. The van der Waals surface area contributed by atoms with Gasteiger partial charge in [0, 0.05) is 29.2 Å². The highest BCUT2D eigenvalue weighted by Gasteiger charge is 2.44. The Bertz CT molecular complexity index is 1170. The molecule has 1 aromatic heterocycles. The van der Waals surface area contributed by atoms with Gasteiger partial charge in [0.2, 0.25) is 0 Å². The minimum absolute atomic E-state index is 0.128. The van der Waals surface area contributed by atoms with E-state index in [9.17, 15) is 4.79 Å². The molecule has 0 saturated carbocycles. The maximum absolute atomic E-state index is 13.2. The number of carbonyl (C=O) groups is 1. The van der Waals surface area contributed by atoms with E-state index in [0.717, 1.165) is 46.2 Å². The smallest absolute Gasteiger partial charge is 0.143 e. The van der Waals surface area contributed by atoms with Crippen LogP contribution in [0.15, 0.2) is 60.3 Å². The first kappa shape index (κ1) is 19.6. The zero-order valence-corrected chi connectivity index (χ0v) is 18.2. The number of fused-ring (bicyclic) bond motifs is 2. The predicted molar refractivity (Wildman–Crippen MR) is 122 cm³/mol. The molecule has 1 aliphatic carbocycles. The molecule has 0 unspecified atom stereocenters. The average molecular weight is 414 g/mol. The van der Waals surface area contributed by atoms with Gasteiger partial charge in [0.15, 0.2) is 0 Å². The van der Waals surface area contributed by atoms with Gasteiger partial charge in [0.05, 0.1) is 23.9 Å². The van der Waals surface area contributed by atoms with Gasteiger partial charge in [0.25, 0.3) is 0 Å². The third kappa shape index (κ3) is 3.25. The number of nitrogens with zero attached hydrogens (tertiary/aromatic N) is 2. The summed E-state index contributed by atoms with van der Waals surface area (Å²) in [6, 6.07) is 16.4. The SMILES string of the molecule is CCOc1ccccc1[C@H]1c2c(C)nn(-c3ccc(C)cc3)c2NC2=CCCC(=O)[C@@H]21. The van der Waals surface area contributed by atoms with E-state index in [0.29, 0.717) is 13.0 Å². The molecule has 0 fully saturated rings. The second-order valence-electron chi connectivity index (χ2n) is 8.31. The highest BCUT2D eigenvalue weighted by Crippen LogP contribution is 2.50. The summed E-state index contributed by atoms with van der Waals surface area (Å²) in [5, 5.41) is 8.48. The molecule has 0 radical (unpaired) electrons. The van der Waals surface area contributed by atoms with E-state index in [2.05, 4.69) is 48.6 Å². The molecule has 2 heterocycles. The Labute approximate surface area is 182 Å². The van der Waals surface area contributed by atoms with E-state index in [1.165, 1.54) is 5.56 Å². The minimum atomic E-state index is -0.239. The lowest BCUT2D eigenvalue weighted by molar-refractivity contribution is -0.122. The van der Waals surface area contributed by atoms with Crippen molar-refractivity contribution in [2.45, 2.75) is 39.5 Å². The highest BCUT2D eigenvalue weighted by atomic mass is 16.5. The van der Waals surface area contributed by atoms with Crippen molar-refractivity contribution in [3.8, 4) is 11.4 Å². The van der Waals surface area contributed by atoms with Crippen molar-refractivity contribution in [2.24, 2.45) is 5.92 Å². The van der Waals surface area contributed by atoms with Crippen molar-refractivity contribution in [2.75, 3.05) is 11.9 Å². The van der Waals surface area contributed by atoms with E-state index >= 15 is 0 Å². The molecule has 5 heteroatoms. The Morgan fingerprint density at radius 3 is 2.65 bits per heavy atom. The lowest BCUT2D eigenvalue weighted by Gasteiger charge is -2.37. The molecule has 1 N–H and O–H groups in total. The summed E-state index contributed by atoms with van der Waals surface area (Å²) >= 11 is 0. The number of para-hydroxylation sites is 1. The molecular weight excluding hydrogens is 386 g/mol. The van der Waals surface area contributed by atoms with Crippen LogP contribution in [0.4, 0.5) is 5.82 Å². The van der Waals surface area contributed by atoms with Crippen LogP contribution in [0, 0.1) is 19.8 Å². The number of Topliss-reactive ketones (excluding diaryl/α,β-unsaturated/α-hetero) is 1. The number of hydrogen-bond donors (Lipinski definition) is 1. The van der Waals surface area contributed by atoms with Crippen LogP contribution >= 0.6 is 0 Å². The molecular formula is C26H27N3O2. The summed E-state index contributed by atoms with van der Waals surface area (Å²) in [5.41, 5.74) is 6.24. The zero-order chi connectivity index (χ0) is 21.5. The van der Waals surface area contributed by atoms with Crippen molar-refractivity contribution in [3.05, 3.63) is 82.7 Å². The van der Waals surface area contributed by atoms with Crippen molar-refractivity contribution in [1.82, 2.24) is 9.78 Å². The maximum Gasteiger partial charge on any atom is 0.143 e. The van der Waals surface area contributed by atoms with Gasteiger partial charge in [-0.05, 0) is 45.4 Å². The Morgan fingerprint density at radius 1 is 1.10 bits per heavy atom. The van der Waals surface area contributed by atoms with Gasteiger partial charge in [0.1, 0.15) is 17.4 Å². The number of rotatable bonds is 4. The standard InChI is InChI=1S/C26H27N3O2/c1-4-31-22-11-6-5-8-19(22)24-23-17(3)28-29(18-14-12-16(2)13-15-18)26(23)27-20-9-7-10-21(30)25(20)24/h5-6,8-9,11-15,24-25,27H,4,7,10H2,1-3H3/t24-,25+/m0/s1. The third-order valence-electron chi connectivity index (χ3n) is 6.28. The van der Waals surface area contributed by atoms with Crippen LogP contribution in [0.3, 0.4) is 0 Å². The van der Waals surface area contributed by atoms with Gasteiger partial charge in [-0.3, -0.25) is 4.79 Å². The molecule has 2 aromatic carbocycles. The molecule has 2 atom stereocenters. The molecule has 5 nitrogen and oxygen atoms in total. The summed E-state index contributed by atoms with van der Waals surface area (Å²) in [4.78, 5) is 13.2. The second-order valence-corrected chi connectivity index (χ2v) is 8.31. The van der Waals surface area contributed by atoms with Crippen LogP contribution in [0.25, 0.3) is 5.69 Å². The van der Waals surface area contributed by atoms with E-state index in [1.807, 2.05) is 36.7 Å². The van der Waals surface area contributed by atoms with Crippen LogP contribution in [0.2, 0.25) is 0 Å². The highest BCUT2D eigenvalue weighted by molar-refractivity contribution is 5.89. The maximum atomic E-state index is 13.2. The number of carbonyl (C=O) groups excluding carboxylic acids is 1. The number of allylic oxidation sites excluding steroid dienone is 2. The van der Waals surface area contributed by atoms with Crippen molar-refractivity contribution >= 4 is 11.6 Å². The molecule has 0 spiro atoms. The lowest BCUT2D eigenvalue weighted by atomic mass is 9.71. The Morgan fingerprint density at radius 2 is 1.87 bits per heavy atom. The van der Waals surface area contributed by atoms with Crippen LogP contribution in [0.5, 0.6) is 5.75 Å². The van der Waals surface area contributed by atoms with Gasteiger partial charge < -0.3 is 10.1 Å². The fourth-order valence-corrected chi connectivity index (χ4v) is 4.89. The first-order valence-corrected chi connectivity index (χ1v) is 11.0. The monoisotopic (exact) mass is 413 g/mol. The summed E-state index contributed by atoms with van der Waals surface area (Å²) in [6.07, 6.45) is 3.52. The largest absolute Gasteiger partial charge is 0.494 e. The fraction of sp³-hybridized carbons (Fsp3) is 0.308. The summed E-state index contributed by atoms with van der Waals surface area (Å²) in [7, 11) is 0. The van der Waals surface area contributed by atoms with Crippen LogP contribution in [-0.4, -0.2) is 22.2 Å². The number of aryl methyl sites for hydroxylation is 2. The fourth-order valence-electron chi connectivity index (χ4n) is 4.89. The number of aromatic nitrogens is 2. The normalized spacial score (nSPS) is 19.8. The van der Waals surface area contributed by atoms with E-state index in [4.69, 9.17) is 9.84 Å². The van der Waals surface area contributed by atoms with Gasteiger partial charge in [-0.1, -0.05) is 42.0 Å². The Balaban J connectivity index is 1.75. The number of anilines is 1. The Kier molecular flexibility index (Phi) is 4.89. The molecule has 158 valence electrons. The average Bonchev–Trinajstić information content (AvgIpc) is 3.10. The molecule has 0 amide bonds. The van der Waals surface area contributed by atoms with Crippen LogP contribution < -0.4 is 10.1 Å². The van der Waals surface area contributed by atoms with E-state index < -0.39 is 0 Å². The Hall–Kier alpha value is -3.34. The molecule has 31 heavy (non-hydrogen) atoms. The van der Waals surface area contributed by atoms with Crippen molar-refractivity contribution < 1.29 is 9.53 Å². The molecule has 2 aliphatic rings. The van der Waals surface area contributed by atoms with Crippen molar-refractivity contribution in [1.29, 1.82) is 0 Å². The summed E-state index contributed by atoms with van der Waals surface area (Å²) in [6.45, 7) is 6.68. The third-order valence-corrected chi connectivity index (χ3v) is 6.28. The number of nitrogens with one attached hydrogen (secondary N) is 1. The first-order valence-electron chi connectivity index (χ1n) is 11.0. The summed E-state index contributed by atoms with van der Waals surface area (Å²) < 4.78 is 7.96. The van der Waals surface area contributed by atoms with Gasteiger partial charge in [-0.2, -0.15) is 5.10 Å². The van der Waals surface area contributed by atoms with E-state index in [-0.39, 0.29) is 17.6 Å². The van der Waals surface area contributed by atoms with Gasteiger partial charge in [-0.25, -0.2) is 4.68 Å². The topological polar surface area (TPSA) is 56.1 Å². The predicted octanol–water partition coefficient (Wildman–Crippen LogP) is 5.31. The number of hydrogen-bond acceptors (Lipinski definition) is 4. The second kappa shape index (κ2) is 7.73. The van der Waals surface area contributed by atoms with E-state index in [1.54, 1.807) is 0 Å². The van der Waals surface area contributed by atoms with Gasteiger partial charge >= 0.3 is 0 Å². The number of ether oxygens (including phenoxy) is 1. The molecule has 3 aromatic rings. The quantitative estimate of drug-likeness (QED) is 0.630. The molecule has 5 rings (SSSR count).